The molecule has 0 spiro atoms. The Bertz CT molecular complexity index is 523. The summed E-state index contributed by atoms with van der Waals surface area (Å²) in [4.78, 5) is 4.14. The molecule has 0 bridgehead atoms. The summed E-state index contributed by atoms with van der Waals surface area (Å²) in [6.45, 7) is 3.00. The van der Waals surface area contributed by atoms with Crippen molar-refractivity contribution in [3.8, 4) is 12.3 Å². The van der Waals surface area contributed by atoms with Gasteiger partial charge in [-0.3, -0.25) is 4.98 Å². The highest BCUT2D eigenvalue weighted by atomic mass is 15.2. The van der Waals surface area contributed by atoms with E-state index in [1.807, 2.05) is 23.1 Å². The zero-order chi connectivity index (χ0) is 12.1. The quantitative estimate of drug-likeness (QED) is 0.793. The minimum Gasteiger partial charge on any atom is -0.310 e. The Labute approximate surface area is 101 Å². The second kappa shape index (κ2) is 5.46. The molecule has 0 amide bonds. The number of nitrogens with one attached hydrogen (secondary N) is 1. The molecule has 0 aromatic carbocycles. The first-order chi connectivity index (χ1) is 8.36. The topological polar surface area (TPSA) is 42.2 Å². The van der Waals surface area contributed by atoms with Crippen molar-refractivity contribution < 1.29 is 0 Å². The summed E-state index contributed by atoms with van der Waals surface area (Å²) in [5, 5.41) is 7.75. The van der Waals surface area contributed by atoms with Crippen LogP contribution in [0.5, 0.6) is 0 Å². The lowest BCUT2D eigenvalue weighted by atomic mass is 10.0. The summed E-state index contributed by atoms with van der Waals surface area (Å²) in [6.07, 6.45) is 14.3. The summed E-state index contributed by atoms with van der Waals surface area (Å²) in [5.41, 5.74) is 2.20. The molecule has 1 atom stereocenters. The molecule has 0 aliphatic carbocycles. The maximum atomic E-state index is 5.33. The second-order valence-corrected chi connectivity index (χ2v) is 3.86. The van der Waals surface area contributed by atoms with Crippen molar-refractivity contribution in [3.05, 3.63) is 30.4 Å². The summed E-state index contributed by atoms with van der Waals surface area (Å²) >= 11 is 0. The van der Waals surface area contributed by atoms with Gasteiger partial charge in [-0.2, -0.15) is 5.10 Å². The highest BCUT2D eigenvalue weighted by Crippen LogP contribution is 2.22. The average Bonchev–Trinajstić information content (AvgIpc) is 2.78. The SMILES string of the molecule is C#CCCC(NCC)c1cnn2ccncc12. The van der Waals surface area contributed by atoms with Crippen LogP contribution in [0, 0.1) is 12.3 Å². The van der Waals surface area contributed by atoms with E-state index in [0.717, 1.165) is 30.5 Å². The van der Waals surface area contributed by atoms with Gasteiger partial charge in [0.1, 0.15) is 0 Å². The third-order valence-corrected chi connectivity index (χ3v) is 2.76. The first kappa shape index (κ1) is 11.6. The molecule has 2 rings (SSSR count). The Kier molecular flexibility index (Phi) is 3.73. The van der Waals surface area contributed by atoms with E-state index in [9.17, 15) is 0 Å². The van der Waals surface area contributed by atoms with Crippen molar-refractivity contribution in [1.29, 1.82) is 0 Å². The van der Waals surface area contributed by atoms with E-state index in [1.54, 1.807) is 6.20 Å². The molecular weight excluding hydrogens is 212 g/mol. The molecule has 2 aromatic heterocycles. The van der Waals surface area contributed by atoms with Crippen LogP contribution >= 0.6 is 0 Å². The molecule has 0 saturated carbocycles. The largest absolute Gasteiger partial charge is 0.310 e. The Hall–Kier alpha value is -1.86. The van der Waals surface area contributed by atoms with E-state index < -0.39 is 0 Å². The van der Waals surface area contributed by atoms with Gasteiger partial charge in [-0.1, -0.05) is 6.92 Å². The van der Waals surface area contributed by atoms with E-state index in [2.05, 4.69) is 28.2 Å². The van der Waals surface area contributed by atoms with Crippen LogP contribution in [0.4, 0.5) is 0 Å². The fourth-order valence-corrected chi connectivity index (χ4v) is 1.96. The van der Waals surface area contributed by atoms with Gasteiger partial charge in [0.15, 0.2) is 0 Å². The molecule has 17 heavy (non-hydrogen) atoms. The number of hydrogen-bond donors (Lipinski definition) is 1. The number of hydrogen-bond acceptors (Lipinski definition) is 3. The predicted octanol–water partition coefficient (Wildman–Crippen LogP) is 1.79. The minimum absolute atomic E-state index is 0.248. The Morgan fingerprint density at radius 1 is 1.53 bits per heavy atom. The normalized spacial score (nSPS) is 12.5. The van der Waals surface area contributed by atoms with Gasteiger partial charge in [0, 0.05) is 30.4 Å². The monoisotopic (exact) mass is 228 g/mol. The van der Waals surface area contributed by atoms with Gasteiger partial charge in [0.25, 0.3) is 0 Å². The molecule has 0 saturated heterocycles. The van der Waals surface area contributed by atoms with E-state index >= 15 is 0 Å². The van der Waals surface area contributed by atoms with Gasteiger partial charge >= 0.3 is 0 Å². The van der Waals surface area contributed by atoms with Gasteiger partial charge in [-0.15, -0.1) is 12.3 Å². The first-order valence-electron chi connectivity index (χ1n) is 5.81. The molecule has 2 aromatic rings. The van der Waals surface area contributed by atoms with Gasteiger partial charge in [0.05, 0.1) is 17.9 Å². The van der Waals surface area contributed by atoms with E-state index in [1.165, 1.54) is 0 Å². The second-order valence-electron chi connectivity index (χ2n) is 3.86. The summed E-state index contributed by atoms with van der Waals surface area (Å²) < 4.78 is 1.84. The number of terminal acetylenes is 1. The van der Waals surface area contributed by atoms with Crippen LogP contribution in [-0.4, -0.2) is 21.1 Å². The maximum absolute atomic E-state index is 5.33. The van der Waals surface area contributed by atoms with Crippen LogP contribution in [0.1, 0.15) is 31.4 Å². The zero-order valence-electron chi connectivity index (χ0n) is 9.93. The van der Waals surface area contributed by atoms with Crippen molar-refractivity contribution >= 4 is 5.52 Å². The van der Waals surface area contributed by atoms with Gasteiger partial charge in [-0.05, 0) is 13.0 Å². The minimum atomic E-state index is 0.248. The molecule has 0 aliphatic rings. The molecule has 0 fully saturated rings. The molecule has 4 nitrogen and oxygen atoms in total. The predicted molar refractivity (Wildman–Crippen MR) is 67.5 cm³/mol. The number of fused-ring (bicyclic) bond motifs is 1. The lowest BCUT2D eigenvalue weighted by molar-refractivity contribution is 0.525. The van der Waals surface area contributed by atoms with E-state index in [-0.39, 0.29) is 6.04 Å². The van der Waals surface area contributed by atoms with Crippen LogP contribution in [0.3, 0.4) is 0 Å². The van der Waals surface area contributed by atoms with E-state index in [4.69, 9.17) is 6.42 Å². The molecular formula is C13H16N4. The van der Waals surface area contributed by atoms with Crippen LogP contribution in [0.15, 0.2) is 24.8 Å². The van der Waals surface area contributed by atoms with Crippen molar-refractivity contribution in [2.75, 3.05) is 6.54 Å². The Morgan fingerprint density at radius 3 is 3.18 bits per heavy atom. The molecule has 2 heterocycles. The fourth-order valence-electron chi connectivity index (χ4n) is 1.96. The molecule has 88 valence electrons. The van der Waals surface area contributed by atoms with Crippen molar-refractivity contribution in [3.63, 3.8) is 0 Å². The highest BCUT2D eigenvalue weighted by Gasteiger charge is 2.14. The number of nitrogens with zero attached hydrogens (tertiary/aromatic N) is 3. The summed E-state index contributed by atoms with van der Waals surface area (Å²) in [6, 6.07) is 0.248. The fraction of sp³-hybridized carbons (Fsp3) is 0.385. The Balaban J connectivity index is 2.31. The summed E-state index contributed by atoms with van der Waals surface area (Å²) in [5.74, 6) is 2.68. The van der Waals surface area contributed by atoms with Gasteiger partial charge in [0.2, 0.25) is 0 Å². The molecule has 4 heteroatoms. The lowest BCUT2D eigenvalue weighted by Gasteiger charge is -2.15. The van der Waals surface area contributed by atoms with Crippen LogP contribution in [-0.2, 0) is 0 Å². The van der Waals surface area contributed by atoms with Gasteiger partial charge < -0.3 is 5.32 Å². The Morgan fingerprint density at radius 2 is 2.41 bits per heavy atom. The van der Waals surface area contributed by atoms with Crippen LogP contribution in [0.25, 0.3) is 5.52 Å². The zero-order valence-corrected chi connectivity index (χ0v) is 9.93. The van der Waals surface area contributed by atoms with Crippen molar-refractivity contribution in [1.82, 2.24) is 19.9 Å². The van der Waals surface area contributed by atoms with Crippen LogP contribution < -0.4 is 5.32 Å². The van der Waals surface area contributed by atoms with Crippen molar-refractivity contribution in [2.24, 2.45) is 0 Å². The number of rotatable bonds is 5. The standard InChI is InChI=1S/C13H16N4/c1-3-5-6-12(15-4-2)11-9-16-17-8-7-14-10-13(11)17/h1,7-10,12,15H,4-6H2,2H3. The molecule has 0 radical (unpaired) electrons. The highest BCUT2D eigenvalue weighted by molar-refractivity contribution is 5.53. The van der Waals surface area contributed by atoms with E-state index in [0.29, 0.717) is 0 Å². The average molecular weight is 228 g/mol. The van der Waals surface area contributed by atoms with Crippen LogP contribution in [0.2, 0.25) is 0 Å². The molecule has 1 N–H and O–H groups in total. The third kappa shape index (κ3) is 2.45. The number of aromatic nitrogens is 3. The maximum Gasteiger partial charge on any atom is 0.0892 e. The summed E-state index contributed by atoms with van der Waals surface area (Å²) in [7, 11) is 0. The smallest absolute Gasteiger partial charge is 0.0892 e. The molecule has 1 unspecified atom stereocenters. The van der Waals surface area contributed by atoms with Crippen molar-refractivity contribution in [2.45, 2.75) is 25.8 Å². The molecule has 0 aliphatic heterocycles. The third-order valence-electron chi connectivity index (χ3n) is 2.76. The van der Waals surface area contributed by atoms with Gasteiger partial charge in [-0.25, -0.2) is 4.52 Å². The first-order valence-corrected chi connectivity index (χ1v) is 5.81. The lowest BCUT2D eigenvalue weighted by Crippen LogP contribution is -2.20.